The van der Waals surface area contributed by atoms with E-state index in [1.54, 1.807) is 0 Å². The third kappa shape index (κ3) is 6.16. The predicted octanol–water partition coefficient (Wildman–Crippen LogP) is 6.39. The first-order chi connectivity index (χ1) is 18.2. The van der Waals surface area contributed by atoms with Crippen LogP contribution in [0.5, 0.6) is 0 Å². The molecule has 0 aliphatic carbocycles. The normalized spacial score (nSPS) is 15.8. The molecule has 1 amide bonds. The molecule has 0 radical (unpaired) electrons. The van der Waals surface area contributed by atoms with Crippen molar-refractivity contribution in [1.82, 2.24) is 9.80 Å². The molecular weight excluding hydrogens is 454 g/mol. The van der Waals surface area contributed by atoms with Crippen molar-refractivity contribution in [1.29, 1.82) is 0 Å². The van der Waals surface area contributed by atoms with Gasteiger partial charge in [-0.05, 0) is 61.3 Å². The maximum Gasteiger partial charge on any atom is 0.245 e. The molecule has 1 atom stereocenters. The zero-order valence-corrected chi connectivity index (χ0v) is 21.5. The zero-order chi connectivity index (χ0) is 25.5. The predicted molar refractivity (Wildman–Crippen MR) is 152 cm³/mol. The van der Waals surface area contributed by atoms with E-state index in [-0.39, 0.29) is 11.9 Å². The molecule has 0 bridgehead atoms. The van der Waals surface area contributed by atoms with Gasteiger partial charge in [0.15, 0.2) is 0 Å². The van der Waals surface area contributed by atoms with Crippen LogP contribution >= 0.6 is 0 Å². The molecule has 1 unspecified atom stereocenters. The van der Waals surface area contributed by atoms with Crippen LogP contribution in [0.25, 0.3) is 0 Å². The molecule has 5 rings (SSSR count). The van der Waals surface area contributed by atoms with Crippen LogP contribution in [0.4, 0.5) is 11.4 Å². The van der Waals surface area contributed by atoms with Crippen molar-refractivity contribution in [3.63, 3.8) is 0 Å². The summed E-state index contributed by atoms with van der Waals surface area (Å²) in [6, 6.07) is 41.7. The van der Waals surface area contributed by atoms with Gasteiger partial charge in [-0.15, -0.1) is 0 Å². The van der Waals surface area contributed by atoms with Crippen LogP contribution in [-0.2, 0) is 4.79 Å². The summed E-state index contributed by atoms with van der Waals surface area (Å²) in [5.41, 5.74) is 4.46. The minimum Gasteiger partial charge on any atom is -0.297 e. The lowest BCUT2D eigenvalue weighted by Crippen LogP contribution is -2.39. The third-order valence-electron chi connectivity index (χ3n) is 7.17. The number of carbonyl (C=O) groups is 1. The van der Waals surface area contributed by atoms with Gasteiger partial charge in [0.25, 0.3) is 0 Å². The summed E-state index contributed by atoms with van der Waals surface area (Å²) < 4.78 is 0. The van der Waals surface area contributed by atoms with Gasteiger partial charge < -0.3 is 0 Å². The number of anilines is 2. The van der Waals surface area contributed by atoms with E-state index >= 15 is 0 Å². The van der Waals surface area contributed by atoms with Crippen molar-refractivity contribution in [3.05, 3.63) is 132 Å². The second-order valence-electron chi connectivity index (χ2n) is 9.97. The summed E-state index contributed by atoms with van der Waals surface area (Å²) in [4.78, 5) is 20.2. The molecule has 188 valence electrons. The van der Waals surface area contributed by atoms with Gasteiger partial charge in [-0.2, -0.15) is 0 Å². The van der Waals surface area contributed by atoms with Crippen molar-refractivity contribution in [2.24, 2.45) is 5.92 Å². The summed E-state index contributed by atoms with van der Waals surface area (Å²) in [5, 5.41) is 0. The van der Waals surface area contributed by atoms with E-state index in [9.17, 15) is 4.79 Å². The summed E-state index contributed by atoms with van der Waals surface area (Å²) in [5.74, 6) is 0.607. The van der Waals surface area contributed by atoms with Gasteiger partial charge >= 0.3 is 0 Å². The van der Waals surface area contributed by atoms with Crippen molar-refractivity contribution in [2.75, 3.05) is 38.1 Å². The maximum atomic E-state index is 13.5. The number of likely N-dealkylation sites (N-methyl/N-ethyl adjacent to an activating group) is 1. The molecule has 4 aromatic rings. The highest BCUT2D eigenvalue weighted by Gasteiger charge is 2.31. The fraction of sp³-hybridized carbons (Fsp3) is 0.242. The molecule has 1 fully saturated rings. The average Bonchev–Trinajstić information content (AvgIpc) is 3.39. The van der Waals surface area contributed by atoms with Crippen LogP contribution < -0.4 is 4.90 Å². The van der Waals surface area contributed by atoms with E-state index < -0.39 is 0 Å². The van der Waals surface area contributed by atoms with Crippen LogP contribution in [0, 0.1) is 5.92 Å². The highest BCUT2D eigenvalue weighted by molar-refractivity contribution is 6.01. The average molecular weight is 490 g/mol. The first-order valence-corrected chi connectivity index (χ1v) is 13.1. The Kier molecular flexibility index (Phi) is 8.09. The number of likely N-dealkylation sites (tertiary alicyclic amines) is 1. The van der Waals surface area contributed by atoms with Crippen LogP contribution in [0.3, 0.4) is 0 Å². The standard InChI is InChI=1S/C33H35N3O/c1-34(26-32(37)36(30-18-10-4-11-19-30)31-20-12-5-13-21-31)24-27-22-23-35(25-27)33(28-14-6-2-7-15-28)29-16-8-3-9-17-29/h2-21,27,33H,22-26H2,1H3. The van der Waals surface area contributed by atoms with Crippen molar-refractivity contribution in [2.45, 2.75) is 12.5 Å². The highest BCUT2D eigenvalue weighted by atomic mass is 16.2. The number of para-hydroxylation sites is 2. The number of nitrogens with zero attached hydrogens (tertiary/aromatic N) is 3. The van der Waals surface area contributed by atoms with E-state index in [0.717, 1.165) is 37.4 Å². The fourth-order valence-corrected chi connectivity index (χ4v) is 5.53. The van der Waals surface area contributed by atoms with Crippen LogP contribution in [-0.4, -0.2) is 48.9 Å². The Balaban J connectivity index is 1.25. The van der Waals surface area contributed by atoms with E-state index in [0.29, 0.717) is 12.5 Å². The van der Waals surface area contributed by atoms with Crippen LogP contribution in [0.1, 0.15) is 23.6 Å². The number of rotatable bonds is 9. The minimum atomic E-state index is 0.0844. The Hall–Kier alpha value is -3.73. The summed E-state index contributed by atoms with van der Waals surface area (Å²) in [7, 11) is 2.07. The second-order valence-corrected chi connectivity index (χ2v) is 9.97. The molecule has 1 aliphatic heterocycles. The molecular formula is C33H35N3O. The topological polar surface area (TPSA) is 26.8 Å². The SMILES string of the molecule is CN(CC(=O)N(c1ccccc1)c1ccccc1)CC1CCN(C(c2ccccc2)c2ccccc2)C1. The van der Waals surface area contributed by atoms with Gasteiger partial charge in [0.05, 0.1) is 12.6 Å². The van der Waals surface area contributed by atoms with Crippen molar-refractivity contribution >= 4 is 17.3 Å². The molecule has 37 heavy (non-hydrogen) atoms. The first kappa shape index (κ1) is 24.9. The molecule has 1 heterocycles. The quantitative estimate of drug-likeness (QED) is 0.272. The molecule has 4 aromatic carbocycles. The number of amides is 1. The van der Waals surface area contributed by atoms with Gasteiger partial charge in [0, 0.05) is 24.5 Å². The monoisotopic (exact) mass is 489 g/mol. The zero-order valence-electron chi connectivity index (χ0n) is 21.5. The lowest BCUT2D eigenvalue weighted by Gasteiger charge is -2.30. The third-order valence-corrected chi connectivity index (χ3v) is 7.17. The van der Waals surface area contributed by atoms with Gasteiger partial charge in [0.2, 0.25) is 5.91 Å². The summed E-state index contributed by atoms with van der Waals surface area (Å²) >= 11 is 0. The van der Waals surface area contributed by atoms with Crippen molar-refractivity contribution < 1.29 is 4.79 Å². The number of hydrogen-bond acceptors (Lipinski definition) is 3. The number of hydrogen-bond donors (Lipinski definition) is 0. The smallest absolute Gasteiger partial charge is 0.245 e. The number of benzene rings is 4. The van der Waals surface area contributed by atoms with E-state index in [4.69, 9.17) is 0 Å². The van der Waals surface area contributed by atoms with Crippen LogP contribution in [0.2, 0.25) is 0 Å². The second kappa shape index (κ2) is 12.0. The summed E-state index contributed by atoms with van der Waals surface area (Å²) in [6.07, 6.45) is 1.13. The van der Waals surface area contributed by atoms with E-state index in [2.05, 4.69) is 77.5 Å². The molecule has 1 saturated heterocycles. The van der Waals surface area contributed by atoms with Gasteiger partial charge in [0.1, 0.15) is 0 Å². The summed E-state index contributed by atoms with van der Waals surface area (Å²) in [6.45, 7) is 3.35. The van der Waals surface area contributed by atoms with Gasteiger partial charge in [-0.3, -0.25) is 19.5 Å². The van der Waals surface area contributed by atoms with Crippen LogP contribution in [0.15, 0.2) is 121 Å². The Morgan fingerprint density at radius 3 is 1.70 bits per heavy atom. The molecule has 0 saturated carbocycles. The maximum absolute atomic E-state index is 13.5. The van der Waals surface area contributed by atoms with Crippen molar-refractivity contribution in [3.8, 4) is 0 Å². The molecule has 4 nitrogen and oxygen atoms in total. The lowest BCUT2D eigenvalue weighted by atomic mass is 9.97. The fourth-order valence-electron chi connectivity index (χ4n) is 5.53. The van der Waals surface area contributed by atoms with E-state index in [1.807, 2.05) is 65.6 Å². The number of carbonyl (C=O) groups excluding carboxylic acids is 1. The largest absolute Gasteiger partial charge is 0.297 e. The minimum absolute atomic E-state index is 0.0844. The van der Waals surface area contributed by atoms with Gasteiger partial charge in [-0.25, -0.2) is 0 Å². The Morgan fingerprint density at radius 1 is 0.757 bits per heavy atom. The highest BCUT2D eigenvalue weighted by Crippen LogP contribution is 2.33. The lowest BCUT2D eigenvalue weighted by molar-refractivity contribution is -0.118. The van der Waals surface area contributed by atoms with E-state index in [1.165, 1.54) is 11.1 Å². The molecule has 1 aliphatic rings. The van der Waals surface area contributed by atoms with Gasteiger partial charge in [-0.1, -0.05) is 97.1 Å². The molecule has 0 aromatic heterocycles. The molecule has 0 spiro atoms. The first-order valence-electron chi connectivity index (χ1n) is 13.1. The Labute approximate surface area is 220 Å². The molecule has 0 N–H and O–H groups in total. The Bertz CT molecular complexity index is 1170. The molecule has 4 heteroatoms. The Morgan fingerprint density at radius 2 is 1.22 bits per heavy atom.